The van der Waals surface area contributed by atoms with E-state index < -0.39 is 0 Å². The van der Waals surface area contributed by atoms with Crippen molar-refractivity contribution in [2.24, 2.45) is 0 Å². The number of methoxy groups -OCH3 is 1. The summed E-state index contributed by atoms with van der Waals surface area (Å²) in [6.07, 6.45) is 0. The smallest absolute Gasteiger partial charge is 0.125 e. The van der Waals surface area contributed by atoms with Crippen molar-refractivity contribution >= 4 is 5.69 Å². The van der Waals surface area contributed by atoms with E-state index >= 15 is 0 Å². The highest BCUT2D eigenvalue weighted by Gasteiger charge is 2.10. The van der Waals surface area contributed by atoms with Crippen LogP contribution in [-0.2, 0) is 6.54 Å². The van der Waals surface area contributed by atoms with E-state index in [1.54, 1.807) is 7.11 Å². The first-order chi connectivity index (χ1) is 8.52. The van der Waals surface area contributed by atoms with Gasteiger partial charge in [-0.05, 0) is 32.4 Å². The third kappa shape index (κ3) is 2.18. The lowest BCUT2D eigenvalue weighted by atomic mass is 10.1. The van der Waals surface area contributed by atoms with Crippen LogP contribution in [0.1, 0.15) is 22.5 Å². The van der Waals surface area contributed by atoms with E-state index in [1.807, 2.05) is 29.8 Å². The molecule has 0 atom stereocenters. The van der Waals surface area contributed by atoms with Crippen molar-refractivity contribution in [3.8, 4) is 5.75 Å². The molecule has 96 valence electrons. The number of anilines is 1. The second-order valence-corrected chi connectivity index (χ2v) is 4.52. The second kappa shape index (κ2) is 4.72. The number of benzene rings is 1. The maximum absolute atomic E-state index is 5.75. The molecule has 0 saturated carbocycles. The summed E-state index contributed by atoms with van der Waals surface area (Å²) in [5, 5.41) is 4.53. The van der Waals surface area contributed by atoms with Crippen LogP contribution in [0.4, 0.5) is 5.69 Å². The van der Waals surface area contributed by atoms with Crippen molar-refractivity contribution in [1.29, 1.82) is 0 Å². The number of rotatable bonds is 3. The zero-order valence-corrected chi connectivity index (χ0v) is 11.3. The van der Waals surface area contributed by atoms with E-state index in [9.17, 15) is 0 Å². The molecule has 2 aromatic rings. The lowest BCUT2D eigenvalue weighted by molar-refractivity contribution is 0.407. The van der Waals surface area contributed by atoms with Crippen LogP contribution in [-0.4, -0.2) is 16.9 Å². The molecule has 0 aliphatic heterocycles. The van der Waals surface area contributed by atoms with Crippen molar-refractivity contribution in [1.82, 2.24) is 9.78 Å². The van der Waals surface area contributed by atoms with Gasteiger partial charge in [-0.3, -0.25) is 4.68 Å². The van der Waals surface area contributed by atoms with Crippen LogP contribution >= 0.6 is 0 Å². The van der Waals surface area contributed by atoms with Gasteiger partial charge in [0.1, 0.15) is 5.75 Å². The predicted octanol–water partition coefficient (Wildman–Crippen LogP) is 2.45. The molecule has 4 heteroatoms. The molecule has 0 aliphatic rings. The largest absolute Gasteiger partial charge is 0.496 e. The molecule has 0 saturated heterocycles. The fraction of sp³-hybridized carbons (Fsp3) is 0.357. The van der Waals surface area contributed by atoms with Gasteiger partial charge in [0, 0.05) is 23.0 Å². The molecule has 0 aliphatic carbocycles. The van der Waals surface area contributed by atoms with Crippen molar-refractivity contribution in [3.63, 3.8) is 0 Å². The Morgan fingerprint density at radius 2 is 2.00 bits per heavy atom. The Bertz CT molecular complexity index is 573. The second-order valence-electron chi connectivity index (χ2n) is 4.52. The van der Waals surface area contributed by atoms with Gasteiger partial charge in [-0.1, -0.05) is 6.07 Å². The summed E-state index contributed by atoms with van der Waals surface area (Å²) in [7, 11) is 1.66. The number of nitrogens with zero attached hydrogens (tertiary/aromatic N) is 2. The van der Waals surface area contributed by atoms with E-state index in [0.29, 0.717) is 12.2 Å². The predicted molar refractivity (Wildman–Crippen MR) is 72.9 cm³/mol. The standard InChI is InChI=1S/C14H19N3O/c1-9-10(2)16-17(11(9)3)8-12-5-6-13(15)7-14(12)18-4/h5-7H,8,15H2,1-4H3. The van der Waals surface area contributed by atoms with Crippen molar-refractivity contribution < 1.29 is 4.74 Å². The SMILES string of the molecule is COc1cc(N)ccc1Cn1nc(C)c(C)c1C. The summed E-state index contributed by atoms with van der Waals surface area (Å²) in [6, 6.07) is 5.71. The topological polar surface area (TPSA) is 53.1 Å². The van der Waals surface area contributed by atoms with Gasteiger partial charge in [0.05, 0.1) is 19.3 Å². The lowest BCUT2D eigenvalue weighted by Crippen LogP contribution is -2.06. The minimum Gasteiger partial charge on any atom is -0.496 e. The summed E-state index contributed by atoms with van der Waals surface area (Å²) in [6.45, 7) is 6.90. The van der Waals surface area contributed by atoms with Gasteiger partial charge >= 0.3 is 0 Å². The minimum atomic E-state index is 0.698. The fourth-order valence-corrected chi connectivity index (χ4v) is 1.99. The van der Waals surface area contributed by atoms with Gasteiger partial charge in [-0.15, -0.1) is 0 Å². The normalized spacial score (nSPS) is 10.7. The van der Waals surface area contributed by atoms with E-state index in [-0.39, 0.29) is 0 Å². The first-order valence-electron chi connectivity index (χ1n) is 5.96. The van der Waals surface area contributed by atoms with Gasteiger partial charge in [-0.25, -0.2) is 0 Å². The van der Waals surface area contributed by atoms with E-state index in [4.69, 9.17) is 10.5 Å². The van der Waals surface area contributed by atoms with Crippen LogP contribution in [0, 0.1) is 20.8 Å². The highest BCUT2D eigenvalue weighted by atomic mass is 16.5. The van der Waals surface area contributed by atoms with Crippen molar-refractivity contribution in [3.05, 3.63) is 40.7 Å². The molecule has 0 radical (unpaired) electrons. The number of aromatic nitrogens is 2. The maximum Gasteiger partial charge on any atom is 0.125 e. The first kappa shape index (κ1) is 12.5. The minimum absolute atomic E-state index is 0.698. The third-order valence-electron chi connectivity index (χ3n) is 3.37. The molecule has 1 aromatic heterocycles. The molecule has 0 spiro atoms. The van der Waals surface area contributed by atoms with Gasteiger partial charge < -0.3 is 10.5 Å². The Morgan fingerprint density at radius 3 is 2.56 bits per heavy atom. The zero-order chi connectivity index (χ0) is 13.3. The van der Waals surface area contributed by atoms with Crippen molar-refractivity contribution in [2.75, 3.05) is 12.8 Å². The maximum atomic E-state index is 5.75. The first-order valence-corrected chi connectivity index (χ1v) is 5.96. The van der Waals surface area contributed by atoms with E-state index in [0.717, 1.165) is 17.0 Å². The summed E-state index contributed by atoms with van der Waals surface area (Å²) >= 11 is 0. The number of hydrogen-bond donors (Lipinski definition) is 1. The Kier molecular flexibility index (Phi) is 3.28. The van der Waals surface area contributed by atoms with E-state index in [2.05, 4.69) is 18.9 Å². The Labute approximate surface area is 107 Å². The number of nitrogens with two attached hydrogens (primary N) is 1. The number of ether oxygens (including phenoxy) is 1. The quantitative estimate of drug-likeness (QED) is 0.845. The molecule has 1 heterocycles. The van der Waals surface area contributed by atoms with E-state index in [1.165, 1.54) is 11.3 Å². The molecule has 1 aromatic carbocycles. The highest BCUT2D eigenvalue weighted by Crippen LogP contribution is 2.23. The monoisotopic (exact) mass is 245 g/mol. The summed E-state index contributed by atoms with van der Waals surface area (Å²) in [5.41, 5.74) is 11.0. The van der Waals surface area contributed by atoms with Gasteiger partial charge in [0.15, 0.2) is 0 Å². The van der Waals surface area contributed by atoms with Gasteiger partial charge in [0.2, 0.25) is 0 Å². The number of aryl methyl sites for hydroxylation is 1. The van der Waals surface area contributed by atoms with Gasteiger partial charge in [0.25, 0.3) is 0 Å². The molecule has 2 rings (SSSR count). The zero-order valence-electron chi connectivity index (χ0n) is 11.3. The molecular weight excluding hydrogens is 226 g/mol. The molecule has 4 nitrogen and oxygen atoms in total. The van der Waals surface area contributed by atoms with Crippen LogP contribution < -0.4 is 10.5 Å². The van der Waals surface area contributed by atoms with Crippen LogP contribution in [0.5, 0.6) is 5.75 Å². The Hall–Kier alpha value is -1.97. The Morgan fingerprint density at radius 1 is 1.28 bits per heavy atom. The molecular formula is C14H19N3O. The molecule has 0 amide bonds. The van der Waals surface area contributed by atoms with Crippen molar-refractivity contribution in [2.45, 2.75) is 27.3 Å². The number of hydrogen-bond acceptors (Lipinski definition) is 3. The molecule has 0 unspecified atom stereocenters. The number of nitrogen functional groups attached to an aromatic ring is 1. The summed E-state index contributed by atoms with van der Waals surface area (Å²) in [5.74, 6) is 0.806. The average molecular weight is 245 g/mol. The molecule has 2 N–H and O–H groups in total. The fourth-order valence-electron chi connectivity index (χ4n) is 1.99. The van der Waals surface area contributed by atoms with Crippen LogP contribution in [0.15, 0.2) is 18.2 Å². The highest BCUT2D eigenvalue weighted by molar-refractivity contribution is 5.48. The van der Waals surface area contributed by atoms with Crippen LogP contribution in [0.2, 0.25) is 0 Å². The molecule has 18 heavy (non-hydrogen) atoms. The summed E-state index contributed by atoms with van der Waals surface area (Å²) < 4.78 is 7.35. The van der Waals surface area contributed by atoms with Gasteiger partial charge in [-0.2, -0.15) is 5.10 Å². The molecule has 0 fully saturated rings. The summed E-state index contributed by atoms with van der Waals surface area (Å²) in [4.78, 5) is 0. The third-order valence-corrected chi connectivity index (χ3v) is 3.37. The van der Waals surface area contributed by atoms with Crippen LogP contribution in [0.3, 0.4) is 0 Å². The Balaban J connectivity index is 2.36. The average Bonchev–Trinajstić information content (AvgIpc) is 2.59. The molecule has 0 bridgehead atoms. The lowest BCUT2D eigenvalue weighted by Gasteiger charge is -2.10. The van der Waals surface area contributed by atoms with Crippen LogP contribution in [0.25, 0.3) is 0 Å².